The number of nitrogens with one attached hydrogen (secondary N) is 2. The molecule has 0 spiro atoms. The summed E-state index contributed by atoms with van der Waals surface area (Å²) in [6, 6.07) is 11.0. The molecule has 0 aliphatic carbocycles. The van der Waals surface area contributed by atoms with Crippen LogP contribution in [0.3, 0.4) is 0 Å². The van der Waals surface area contributed by atoms with Crippen molar-refractivity contribution in [2.45, 2.75) is 12.5 Å². The maximum Gasteiger partial charge on any atom is 0.249 e. The number of hydrogen-bond donors (Lipinski definition) is 2. The van der Waals surface area contributed by atoms with E-state index in [4.69, 9.17) is 9.47 Å². The van der Waals surface area contributed by atoms with Crippen LogP contribution in [-0.4, -0.2) is 68.1 Å². The molecule has 2 amide bonds. The lowest BCUT2D eigenvalue weighted by atomic mass is 10.1. The Kier molecular flexibility index (Phi) is 5.72. The molecule has 1 atom stereocenters. The number of amides is 2. The van der Waals surface area contributed by atoms with Gasteiger partial charge in [-0.15, -0.1) is 0 Å². The number of hydrogen-bond acceptors (Lipinski definition) is 7. The second-order valence-corrected chi connectivity index (χ2v) is 7.99. The Morgan fingerprint density at radius 3 is 2.55 bits per heavy atom. The van der Waals surface area contributed by atoms with E-state index in [-0.39, 0.29) is 24.1 Å². The van der Waals surface area contributed by atoms with Gasteiger partial charge >= 0.3 is 0 Å². The molecule has 2 aromatic carbocycles. The number of piperazine rings is 1. The number of carbonyl (C=O) groups is 2. The van der Waals surface area contributed by atoms with E-state index in [1.54, 1.807) is 36.4 Å². The van der Waals surface area contributed by atoms with Crippen LogP contribution in [0.1, 0.15) is 6.42 Å². The molecule has 33 heavy (non-hydrogen) atoms. The average Bonchev–Trinajstić information content (AvgIpc) is 2.84. The first-order valence-electron chi connectivity index (χ1n) is 10.9. The number of benzene rings is 2. The molecule has 3 heterocycles. The van der Waals surface area contributed by atoms with Gasteiger partial charge in [-0.1, -0.05) is 12.1 Å². The number of aliphatic imine (C=N–C) groups is 1. The Morgan fingerprint density at radius 2 is 1.76 bits per heavy atom. The zero-order valence-electron chi connectivity index (χ0n) is 17.9. The van der Waals surface area contributed by atoms with E-state index < -0.39 is 6.04 Å². The number of carbonyl (C=O) groups excluding carboxylic acids is 2. The molecular weight excluding hydrogens is 429 g/mol. The normalized spacial score (nSPS) is 20.1. The third-order valence-corrected chi connectivity index (χ3v) is 5.79. The molecular formula is C23H24FN5O4. The van der Waals surface area contributed by atoms with E-state index in [9.17, 15) is 14.0 Å². The van der Waals surface area contributed by atoms with Crippen molar-refractivity contribution in [1.82, 2.24) is 10.2 Å². The van der Waals surface area contributed by atoms with Crippen molar-refractivity contribution in [1.29, 1.82) is 0 Å². The number of rotatable bonds is 3. The summed E-state index contributed by atoms with van der Waals surface area (Å²) >= 11 is 0. The molecule has 10 heteroatoms. The van der Waals surface area contributed by atoms with Crippen molar-refractivity contribution >= 4 is 29.1 Å². The molecule has 0 aromatic heterocycles. The number of nitrogens with zero attached hydrogens (tertiary/aromatic N) is 3. The van der Waals surface area contributed by atoms with Gasteiger partial charge in [0.25, 0.3) is 0 Å². The maximum absolute atomic E-state index is 14.1. The summed E-state index contributed by atoms with van der Waals surface area (Å²) in [5.74, 6) is 0.679. The van der Waals surface area contributed by atoms with Crippen LogP contribution in [0.2, 0.25) is 0 Å². The summed E-state index contributed by atoms with van der Waals surface area (Å²) in [7, 11) is 0. The first-order valence-corrected chi connectivity index (χ1v) is 10.9. The second kappa shape index (κ2) is 8.97. The third kappa shape index (κ3) is 4.55. The third-order valence-electron chi connectivity index (χ3n) is 5.79. The molecule has 1 fully saturated rings. The average molecular weight is 453 g/mol. The fourth-order valence-electron chi connectivity index (χ4n) is 4.10. The van der Waals surface area contributed by atoms with Crippen LogP contribution >= 0.6 is 0 Å². The number of fused-ring (bicyclic) bond motifs is 1. The summed E-state index contributed by atoms with van der Waals surface area (Å²) in [5.41, 5.74) is 1.11. The van der Waals surface area contributed by atoms with Crippen molar-refractivity contribution in [2.24, 2.45) is 4.99 Å². The first kappa shape index (κ1) is 21.0. The predicted molar refractivity (Wildman–Crippen MR) is 120 cm³/mol. The molecule has 2 N–H and O–H groups in total. The van der Waals surface area contributed by atoms with E-state index in [1.165, 1.54) is 6.07 Å². The van der Waals surface area contributed by atoms with Gasteiger partial charge in [0, 0.05) is 37.9 Å². The van der Waals surface area contributed by atoms with Gasteiger partial charge < -0.3 is 24.6 Å². The van der Waals surface area contributed by atoms with Crippen LogP contribution in [0, 0.1) is 5.82 Å². The molecule has 2 aromatic rings. The largest absolute Gasteiger partial charge is 0.486 e. The highest BCUT2D eigenvalue weighted by Crippen LogP contribution is 2.32. The molecule has 172 valence electrons. The van der Waals surface area contributed by atoms with Crippen molar-refractivity contribution in [3.63, 3.8) is 0 Å². The first-order chi connectivity index (χ1) is 16.1. The van der Waals surface area contributed by atoms with Gasteiger partial charge in [0.15, 0.2) is 11.5 Å². The summed E-state index contributed by atoms with van der Waals surface area (Å²) in [6.07, 6.45) is -0.0327. The molecule has 1 unspecified atom stereocenters. The van der Waals surface area contributed by atoms with Gasteiger partial charge in [-0.25, -0.2) is 9.38 Å². The topological polar surface area (TPSA) is 95.5 Å². The van der Waals surface area contributed by atoms with E-state index in [0.717, 1.165) is 0 Å². The fourth-order valence-corrected chi connectivity index (χ4v) is 4.10. The Hall–Kier alpha value is -3.82. The highest BCUT2D eigenvalue weighted by molar-refractivity contribution is 6.06. The van der Waals surface area contributed by atoms with E-state index >= 15 is 0 Å². The molecule has 0 saturated carbocycles. The van der Waals surface area contributed by atoms with E-state index in [2.05, 4.69) is 15.6 Å². The smallest absolute Gasteiger partial charge is 0.249 e. The van der Waals surface area contributed by atoms with Crippen molar-refractivity contribution in [2.75, 3.05) is 49.6 Å². The standard InChI is InChI=1S/C23H24FN5O4/c24-16-3-1-2-4-18(16)28-7-9-29(10-8-28)23-26-17(14-21(30)27-23)22(31)25-15-5-6-19-20(13-15)33-12-11-32-19/h1-6,13,17H,7-12,14H2,(H,25,31)(H,26,27,30). The zero-order valence-corrected chi connectivity index (χ0v) is 17.9. The maximum atomic E-state index is 14.1. The van der Waals surface area contributed by atoms with Gasteiger partial charge in [0.05, 0.1) is 12.1 Å². The van der Waals surface area contributed by atoms with Crippen molar-refractivity contribution in [3.05, 3.63) is 48.3 Å². The van der Waals surface area contributed by atoms with Gasteiger partial charge in [0.1, 0.15) is 25.1 Å². The summed E-state index contributed by atoms with van der Waals surface area (Å²) in [5, 5.41) is 5.58. The fraction of sp³-hybridized carbons (Fsp3) is 0.348. The van der Waals surface area contributed by atoms with Gasteiger partial charge in [-0.05, 0) is 24.3 Å². The summed E-state index contributed by atoms with van der Waals surface area (Å²) in [6.45, 7) is 3.18. The van der Waals surface area contributed by atoms with Crippen molar-refractivity contribution in [3.8, 4) is 11.5 Å². The minimum Gasteiger partial charge on any atom is -0.486 e. The molecule has 3 aliphatic heterocycles. The Morgan fingerprint density at radius 1 is 1.03 bits per heavy atom. The van der Waals surface area contributed by atoms with Crippen LogP contribution in [0.25, 0.3) is 0 Å². The SMILES string of the molecule is O=C1CC(C(=O)Nc2ccc3c(c2)OCCO3)N=C(N2CCN(c3ccccc3F)CC2)N1. The Labute approximate surface area is 190 Å². The lowest BCUT2D eigenvalue weighted by Crippen LogP contribution is -2.56. The lowest BCUT2D eigenvalue weighted by Gasteiger charge is -2.38. The van der Waals surface area contributed by atoms with Gasteiger partial charge in [-0.3, -0.25) is 14.9 Å². The molecule has 3 aliphatic rings. The van der Waals surface area contributed by atoms with E-state index in [0.29, 0.717) is 68.2 Å². The number of guanidine groups is 1. The predicted octanol–water partition coefficient (Wildman–Crippen LogP) is 1.60. The van der Waals surface area contributed by atoms with Crippen LogP contribution in [0.4, 0.5) is 15.8 Å². The highest BCUT2D eigenvalue weighted by Gasteiger charge is 2.31. The second-order valence-electron chi connectivity index (χ2n) is 7.99. The monoisotopic (exact) mass is 453 g/mol. The number of halogens is 1. The zero-order chi connectivity index (χ0) is 22.8. The van der Waals surface area contributed by atoms with Crippen LogP contribution in [0.5, 0.6) is 11.5 Å². The van der Waals surface area contributed by atoms with Crippen LogP contribution < -0.4 is 25.0 Å². The Bertz CT molecular complexity index is 1100. The molecule has 9 nitrogen and oxygen atoms in total. The van der Waals surface area contributed by atoms with Gasteiger partial charge in [-0.2, -0.15) is 0 Å². The van der Waals surface area contributed by atoms with E-state index in [1.807, 2.05) is 9.80 Å². The number of ether oxygens (including phenoxy) is 2. The quantitative estimate of drug-likeness (QED) is 0.733. The van der Waals surface area contributed by atoms with Crippen LogP contribution in [0.15, 0.2) is 47.5 Å². The minimum absolute atomic E-state index is 0.0327. The highest BCUT2D eigenvalue weighted by atomic mass is 19.1. The Balaban J connectivity index is 1.24. The van der Waals surface area contributed by atoms with Gasteiger partial charge in [0.2, 0.25) is 17.8 Å². The summed E-state index contributed by atoms with van der Waals surface area (Å²) in [4.78, 5) is 33.5. The molecule has 0 bridgehead atoms. The number of para-hydroxylation sites is 1. The van der Waals surface area contributed by atoms with Crippen LogP contribution in [-0.2, 0) is 9.59 Å². The number of anilines is 2. The molecule has 1 saturated heterocycles. The minimum atomic E-state index is -0.841. The summed E-state index contributed by atoms with van der Waals surface area (Å²) < 4.78 is 25.1. The lowest BCUT2D eigenvalue weighted by molar-refractivity contribution is -0.125. The molecule has 5 rings (SSSR count). The molecule has 0 radical (unpaired) electrons. The van der Waals surface area contributed by atoms with Crippen molar-refractivity contribution < 1.29 is 23.5 Å².